The van der Waals surface area contributed by atoms with Crippen molar-refractivity contribution in [2.75, 3.05) is 16.9 Å². The molecular formula is C26H24N4O4S. The van der Waals surface area contributed by atoms with E-state index < -0.39 is 11.8 Å². The number of carbonyl (C=O) groups excluding carboxylic acids is 3. The van der Waals surface area contributed by atoms with Crippen molar-refractivity contribution in [3.8, 4) is 5.75 Å². The number of thiocarbonyl (C=S) groups is 1. The number of aromatic nitrogens is 1. The molecule has 3 amide bonds. The van der Waals surface area contributed by atoms with Crippen molar-refractivity contribution in [3.05, 3.63) is 88.8 Å². The van der Waals surface area contributed by atoms with Crippen LogP contribution in [0.1, 0.15) is 34.2 Å². The molecular weight excluding hydrogens is 464 g/mol. The van der Waals surface area contributed by atoms with Gasteiger partial charge in [-0.2, -0.15) is 0 Å². The molecule has 1 aromatic heterocycles. The summed E-state index contributed by atoms with van der Waals surface area (Å²) in [4.78, 5) is 40.0. The average Bonchev–Trinajstić information content (AvgIpc) is 3.10. The molecule has 1 aliphatic rings. The van der Waals surface area contributed by atoms with Crippen LogP contribution in [0.4, 0.5) is 5.69 Å². The molecule has 178 valence electrons. The number of benzene rings is 2. The minimum Gasteiger partial charge on any atom is -0.494 e. The minimum atomic E-state index is -0.588. The molecule has 9 heteroatoms. The molecule has 2 N–H and O–H groups in total. The monoisotopic (exact) mass is 488 g/mol. The highest BCUT2D eigenvalue weighted by Gasteiger charge is 2.35. The number of hydrogen-bond acceptors (Lipinski definition) is 5. The normalized spacial score (nSPS) is 14.8. The Morgan fingerprint density at radius 2 is 1.83 bits per heavy atom. The average molecular weight is 489 g/mol. The lowest BCUT2D eigenvalue weighted by Gasteiger charge is -2.29. The smallest absolute Gasteiger partial charge is 0.270 e. The first-order chi connectivity index (χ1) is 16.8. The second-order valence-electron chi connectivity index (χ2n) is 7.86. The van der Waals surface area contributed by atoms with Crippen LogP contribution in [0.5, 0.6) is 5.75 Å². The maximum Gasteiger partial charge on any atom is 0.270 e. The number of hydrogen-bond donors (Lipinski definition) is 2. The lowest BCUT2D eigenvalue weighted by atomic mass is 10.1. The van der Waals surface area contributed by atoms with Gasteiger partial charge in [0, 0.05) is 23.0 Å². The molecule has 0 bridgehead atoms. The van der Waals surface area contributed by atoms with E-state index in [1.54, 1.807) is 66.2 Å². The molecule has 0 radical (unpaired) electrons. The van der Waals surface area contributed by atoms with Gasteiger partial charge in [0.1, 0.15) is 11.3 Å². The number of nitrogens with zero attached hydrogens (tertiary/aromatic N) is 2. The van der Waals surface area contributed by atoms with E-state index in [0.717, 1.165) is 5.69 Å². The third-order valence-electron chi connectivity index (χ3n) is 5.51. The topological polar surface area (TPSA) is 92.7 Å². The summed E-state index contributed by atoms with van der Waals surface area (Å²) in [5.41, 5.74) is 5.79. The number of ether oxygens (including phenoxy) is 1. The fourth-order valence-electron chi connectivity index (χ4n) is 3.79. The van der Waals surface area contributed by atoms with Gasteiger partial charge in [0.2, 0.25) is 0 Å². The van der Waals surface area contributed by atoms with Crippen molar-refractivity contribution in [2.24, 2.45) is 0 Å². The Morgan fingerprint density at radius 3 is 2.54 bits per heavy atom. The van der Waals surface area contributed by atoms with Crippen molar-refractivity contribution in [1.29, 1.82) is 0 Å². The number of anilines is 1. The Labute approximate surface area is 208 Å². The van der Waals surface area contributed by atoms with E-state index in [2.05, 4.69) is 10.7 Å². The third kappa shape index (κ3) is 4.85. The van der Waals surface area contributed by atoms with Gasteiger partial charge in [-0.05, 0) is 75.0 Å². The highest BCUT2D eigenvalue weighted by atomic mass is 32.1. The third-order valence-corrected chi connectivity index (χ3v) is 5.79. The molecule has 0 atom stereocenters. The van der Waals surface area contributed by atoms with E-state index in [1.807, 2.05) is 19.9 Å². The van der Waals surface area contributed by atoms with Crippen molar-refractivity contribution < 1.29 is 19.1 Å². The molecule has 2 heterocycles. The molecule has 8 nitrogen and oxygen atoms in total. The summed E-state index contributed by atoms with van der Waals surface area (Å²) in [5.74, 6) is -0.828. The summed E-state index contributed by atoms with van der Waals surface area (Å²) in [5, 5.41) is 2.58. The van der Waals surface area contributed by atoms with Gasteiger partial charge in [0.25, 0.3) is 17.7 Å². The van der Waals surface area contributed by atoms with Crippen molar-refractivity contribution in [3.63, 3.8) is 0 Å². The van der Waals surface area contributed by atoms with Crippen molar-refractivity contribution >= 4 is 46.8 Å². The van der Waals surface area contributed by atoms with Gasteiger partial charge >= 0.3 is 0 Å². The highest BCUT2D eigenvalue weighted by molar-refractivity contribution is 7.80. The number of nitrogens with one attached hydrogen (secondary N) is 2. The maximum absolute atomic E-state index is 13.4. The van der Waals surface area contributed by atoms with Crippen molar-refractivity contribution in [2.45, 2.75) is 20.8 Å². The summed E-state index contributed by atoms with van der Waals surface area (Å²) in [6.07, 6.45) is 1.51. The second-order valence-corrected chi connectivity index (χ2v) is 8.24. The predicted molar refractivity (Wildman–Crippen MR) is 138 cm³/mol. The molecule has 1 saturated heterocycles. The van der Waals surface area contributed by atoms with Crippen LogP contribution in [0.2, 0.25) is 0 Å². The summed E-state index contributed by atoms with van der Waals surface area (Å²) in [7, 11) is 0. The van der Waals surface area contributed by atoms with Crippen LogP contribution < -0.4 is 20.4 Å². The standard InChI is InChI=1S/C26H24N4O4S/c1-4-34-21-12-8-11-20(15-21)29-25(33)22(24(32)27-26(29)35)14-19-13-16(2)30(17(19)3)28-23(31)18-9-6-5-7-10-18/h5-15H,4H2,1-3H3,(H,28,31)(H,27,32,35)/b22-14+. The molecule has 35 heavy (non-hydrogen) atoms. The Hall–Kier alpha value is -4.24. The molecule has 1 aliphatic heterocycles. The zero-order valence-corrected chi connectivity index (χ0v) is 20.3. The SMILES string of the molecule is CCOc1cccc(N2C(=O)/C(=C/c3cc(C)n(NC(=O)c4ccccc4)c3C)C(=O)NC2=S)c1. The lowest BCUT2D eigenvalue weighted by molar-refractivity contribution is -0.122. The van der Waals surface area contributed by atoms with Gasteiger partial charge in [0.15, 0.2) is 5.11 Å². The molecule has 3 aromatic rings. The molecule has 1 fully saturated rings. The first kappa shape index (κ1) is 23.9. The molecule has 4 rings (SSSR count). The molecule has 0 spiro atoms. The summed E-state index contributed by atoms with van der Waals surface area (Å²) in [6.45, 7) is 5.96. The van der Waals surface area contributed by atoms with Crippen molar-refractivity contribution in [1.82, 2.24) is 9.99 Å². The number of amides is 3. The molecule has 0 saturated carbocycles. The quantitative estimate of drug-likeness (QED) is 0.314. The van der Waals surface area contributed by atoms with Crippen LogP contribution >= 0.6 is 12.2 Å². The lowest BCUT2D eigenvalue weighted by Crippen LogP contribution is -2.54. The fraction of sp³-hybridized carbons (Fsp3) is 0.154. The Morgan fingerprint density at radius 1 is 1.09 bits per heavy atom. The molecule has 0 aliphatic carbocycles. The number of aryl methyl sites for hydroxylation is 1. The van der Waals surface area contributed by atoms with Gasteiger partial charge in [-0.1, -0.05) is 24.3 Å². The van der Waals surface area contributed by atoms with Gasteiger partial charge in [-0.3, -0.25) is 34.7 Å². The van der Waals surface area contributed by atoms with Crippen LogP contribution in [0.25, 0.3) is 6.08 Å². The van der Waals surface area contributed by atoms with E-state index in [9.17, 15) is 14.4 Å². The van der Waals surface area contributed by atoms with Crippen LogP contribution in [0.15, 0.2) is 66.2 Å². The molecule has 0 unspecified atom stereocenters. The highest BCUT2D eigenvalue weighted by Crippen LogP contribution is 2.26. The van der Waals surface area contributed by atoms with Crippen LogP contribution in [0.3, 0.4) is 0 Å². The zero-order chi connectivity index (χ0) is 25.1. The zero-order valence-electron chi connectivity index (χ0n) is 19.5. The van der Waals surface area contributed by atoms with Gasteiger partial charge < -0.3 is 4.74 Å². The summed E-state index contributed by atoms with van der Waals surface area (Å²) >= 11 is 5.29. The maximum atomic E-state index is 13.4. The number of rotatable bonds is 6. The van der Waals surface area contributed by atoms with Crippen LogP contribution in [-0.4, -0.2) is 34.1 Å². The van der Waals surface area contributed by atoms with E-state index in [4.69, 9.17) is 17.0 Å². The van der Waals surface area contributed by atoms with Gasteiger partial charge in [0.05, 0.1) is 12.3 Å². The first-order valence-electron chi connectivity index (χ1n) is 11.0. The molecule has 2 aromatic carbocycles. The summed E-state index contributed by atoms with van der Waals surface area (Å²) in [6, 6.07) is 17.6. The van der Waals surface area contributed by atoms with E-state index in [1.165, 1.54) is 11.0 Å². The fourth-order valence-corrected chi connectivity index (χ4v) is 4.07. The van der Waals surface area contributed by atoms with Gasteiger partial charge in [-0.15, -0.1) is 0 Å². The van der Waals surface area contributed by atoms with E-state index >= 15 is 0 Å². The second kappa shape index (κ2) is 9.94. The number of carbonyl (C=O) groups is 3. The van der Waals surface area contributed by atoms with Gasteiger partial charge in [-0.25, -0.2) is 0 Å². The largest absolute Gasteiger partial charge is 0.494 e. The summed E-state index contributed by atoms with van der Waals surface area (Å²) < 4.78 is 7.15. The van der Waals surface area contributed by atoms with Crippen LogP contribution in [0, 0.1) is 13.8 Å². The Kier molecular flexibility index (Phi) is 6.79. The minimum absolute atomic E-state index is 0.00797. The van der Waals surface area contributed by atoms with E-state index in [-0.39, 0.29) is 16.6 Å². The first-order valence-corrected chi connectivity index (χ1v) is 11.4. The Bertz CT molecular complexity index is 1360. The van der Waals surface area contributed by atoms with E-state index in [0.29, 0.717) is 34.9 Å². The predicted octanol–water partition coefficient (Wildman–Crippen LogP) is 3.72. The van der Waals surface area contributed by atoms with Crippen LogP contribution in [-0.2, 0) is 9.59 Å². The Balaban J connectivity index is 1.66.